The molecule has 20 heavy (non-hydrogen) atoms. The third kappa shape index (κ3) is 3.97. The average Bonchev–Trinajstić information content (AvgIpc) is 2.43. The molecule has 0 saturated heterocycles. The SMILES string of the molecule is Cc1ccc(CNCC2CCCCC2C(=O)O)cc1Cl. The van der Waals surface area contributed by atoms with Crippen molar-refractivity contribution in [2.75, 3.05) is 6.54 Å². The first-order valence-electron chi connectivity index (χ1n) is 7.26. The van der Waals surface area contributed by atoms with Crippen molar-refractivity contribution >= 4 is 17.6 Å². The number of benzene rings is 1. The zero-order valence-corrected chi connectivity index (χ0v) is 12.6. The first-order valence-corrected chi connectivity index (χ1v) is 7.64. The van der Waals surface area contributed by atoms with Crippen LogP contribution in [0.2, 0.25) is 5.02 Å². The Labute approximate surface area is 125 Å². The van der Waals surface area contributed by atoms with Gasteiger partial charge in [0.2, 0.25) is 0 Å². The lowest BCUT2D eigenvalue weighted by Gasteiger charge is -2.28. The van der Waals surface area contributed by atoms with Crippen molar-refractivity contribution in [3.8, 4) is 0 Å². The normalized spacial score (nSPS) is 22.7. The standard InChI is InChI=1S/C16H22ClNO2/c1-11-6-7-12(8-15(11)17)9-18-10-13-4-2-3-5-14(13)16(19)20/h6-8,13-14,18H,2-5,9-10H2,1H3,(H,19,20). The van der Waals surface area contributed by atoms with Crippen LogP contribution in [0.3, 0.4) is 0 Å². The van der Waals surface area contributed by atoms with Gasteiger partial charge in [0.15, 0.2) is 0 Å². The molecule has 0 spiro atoms. The third-order valence-corrected chi connectivity index (χ3v) is 4.61. The first kappa shape index (κ1) is 15.3. The van der Waals surface area contributed by atoms with Crippen molar-refractivity contribution in [3.05, 3.63) is 34.3 Å². The lowest BCUT2D eigenvalue weighted by Crippen LogP contribution is -2.34. The van der Waals surface area contributed by atoms with Crippen molar-refractivity contribution in [2.24, 2.45) is 11.8 Å². The summed E-state index contributed by atoms with van der Waals surface area (Å²) in [5, 5.41) is 13.4. The number of rotatable bonds is 5. The Morgan fingerprint density at radius 3 is 2.85 bits per heavy atom. The van der Waals surface area contributed by atoms with E-state index in [4.69, 9.17) is 11.6 Å². The van der Waals surface area contributed by atoms with E-state index in [0.29, 0.717) is 0 Å². The lowest BCUT2D eigenvalue weighted by atomic mass is 9.79. The molecule has 2 unspecified atom stereocenters. The highest BCUT2D eigenvalue weighted by Gasteiger charge is 2.30. The number of carboxylic acid groups (broad SMARTS) is 1. The van der Waals surface area contributed by atoms with Crippen molar-refractivity contribution in [3.63, 3.8) is 0 Å². The average molecular weight is 296 g/mol. The van der Waals surface area contributed by atoms with E-state index in [9.17, 15) is 9.90 Å². The molecular formula is C16H22ClNO2. The fraction of sp³-hybridized carbons (Fsp3) is 0.562. The van der Waals surface area contributed by atoms with Crippen molar-refractivity contribution in [2.45, 2.75) is 39.2 Å². The van der Waals surface area contributed by atoms with Gasteiger partial charge in [0.05, 0.1) is 5.92 Å². The van der Waals surface area contributed by atoms with Gasteiger partial charge in [-0.2, -0.15) is 0 Å². The highest BCUT2D eigenvalue weighted by atomic mass is 35.5. The molecule has 1 aromatic rings. The van der Waals surface area contributed by atoms with Gasteiger partial charge in [-0.25, -0.2) is 0 Å². The van der Waals surface area contributed by atoms with Gasteiger partial charge in [-0.1, -0.05) is 36.6 Å². The summed E-state index contributed by atoms with van der Waals surface area (Å²) in [6, 6.07) is 6.04. The van der Waals surface area contributed by atoms with Gasteiger partial charge in [0.1, 0.15) is 0 Å². The number of carbonyl (C=O) groups is 1. The number of aryl methyl sites for hydroxylation is 1. The monoisotopic (exact) mass is 295 g/mol. The molecule has 1 aliphatic rings. The predicted molar refractivity (Wildman–Crippen MR) is 81.0 cm³/mol. The van der Waals surface area contributed by atoms with Crippen LogP contribution >= 0.6 is 11.6 Å². The van der Waals surface area contributed by atoms with Crippen LogP contribution in [0.1, 0.15) is 36.8 Å². The second-order valence-electron chi connectivity index (χ2n) is 5.70. The van der Waals surface area contributed by atoms with E-state index in [0.717, 1.165) is 54.9 Å². The maximum absolute atomic E-state index is 11.2. The third-order valence-electron chi connectivity index (χ3n) is 4.20. The molecule has 0 aromatic heterocycles. The van der Waals surface area contributed by atoms with E-state index in [1.807, 2.05) is 19.1 Å². The summed E-state index contributed by atoms with van der Waals surface area (Å²) in [4.78, 5) is 11.2. The predicted octanol–water partition coefficient (Wildman–Crippen LogP) is 3.63. The lowest BCUT2D eigenvalue weighted by molar-refractivity contribution is -0.144. The Morgan fingerprint density at radius 1 is 1.40 bits per heavy atom. The molecule has 2 atom stereocenters. The van der Waals surface area contributed by atoms with Gasteiger partial charge in [-0.05, 0) is 49.4 Å². The van der Waals surface area contributed by atoms with E-state index in [1.165, 1.54) is 0 Å². The molecule has 1 aromatic carbocycles. The molecule has 0 radical (unpaired) electrons. The number of hydrogen-bond acceptors (Lipinski definition) is 2. The zero-order chi connectivity index (χ0) is 14.5. The van der Waals surface area contributed by atoms with Crippen LogP contribution in [0, 0.1) is 18.8 Å². The summed E-state index contributed by atoms with van der Waals surface area (Å²) in [6.45, 7) is 3.49. The summed E-state index contributed by atoms with van der Waals surface area (Å²) >= 11 is 6.10. The Balaban J connectivity index is 1.85. The summed E-state index contributed by atoms with van der Waals surface area (Å²) < 4.78 is 0. The minimum Gasteiger partial charge on any atom is -0.481 e. The number of hydrogen-bond donors (Lipinski definition) is 2. The molecule has 0 heterocycles. The molecule has 2 N–H and O–H groups in total. The molecule has 1 saturated carbocycles. The molecule has 3 nitrogen and oxygen atoms in total. The minimum atomic E-state index is -0.644. The van der Waals surface area contributed by atoms with Gasteiger partial charge in [0.25, 0.3) is 0 Å². The molecule has 1 aliphatic carbocycles. The topological polar surface area (TPSA) is 49.3 Å². The van der Waals surface area contributed by atoms with Crippen molar-refractivity contribution in [1.82, 2.24) is 5.32 Å². The van der Waals surface area contributed by atoms with Gasteiger partial charge >= 0.3 is 5.97 Å². The number of halogens is 1. The Kier molecular flexibility index (Phi) is 5.44. The number of carboxylic acids is 1. The molecule has 0 bridgehead atoms. The molecule has 1 fully saturated rings. The maximum atomic E-state index is 11.2. The molecule has 4 heteroatoms. The van der Waals surface area contributed by atoms with Crippen LogP contribution < -0.4 is 5.32 Å². The van der Waals surface area contributed by atoms with Crippen LogP contribution in [-0.2, 0) is 11.3 Å². The van der Waals surface area contributed by atoms with Gasteiger partial charge < -0.3 is 10.4 Å². The zero-order valence-electron chi connectivity index (χ0n) is 11.9. The van der Waals surface area contributed by atoms with E-state index in [2.05, 4.69) is 11.4 Å². The van der Waals surface area contributed by atoms with Crippen LogP contribution in [0.15, 0.2) is 18.2 Å². The van der Waals surface area contributed by atoms with E-state index >= 15 is 0 Å². The highest BCUT2D eigenvalue weighted by molar-refractivity contribution is 6.31. The van der Waals surface area contributed by atoms with E-state index in [-0.39, 0.29) is 11.8 Å². The van der Waals surface area contributed by atoms with Crippen molar-refractivity contribution < 1.29 is 9.90 Å². The largest absolute Gasteiger partial charge is 0.481 e. The highest BCUT2D eigenvalue weighted by Crippen LogP contribution is 2.29. The first-order chi connectivity index (χ1) is 9.58. The van der Waals surface area contributed by atoms with Crippen LogP contribution in [0.4, 0.5) is 0 Å². The minimum absolute atomic E-state index is 0.183. The molecule has 2 rings (SSSR count). The molecule has 110 valence electrons. The van der Waals surface area contributed by atoms with Gasteiger partial charge in [-0.15, -0.1) is 0 Å². The number of nitrogens with one attached hydrogen (secondary N) is 1. The van der Waals surface area contributed by atoms with Crippen LogP contribution in [0.5, 0.6) is 0 Å². The summed E-state index contributed by atoms with van der Waals surface area (Å²) in [5.41, 5.74) is 2.22. The smallest absolute Gasteiger partial charge is 0.306 e. The van der Waals surface area contributed by atoms with Gasteiger partial charge in [0, 0.05) is 11.6 Å². The summed E-state index contributed by atoms with van der Waals surface area (Å²) in [6.07, 6.45) is 4.02. The summed E-state index contributed by atoms with van der Waals surface area (Å²) in [7, 11) is 0. The second-order valence-corrected chi connectivity index (χ2v) is 6.11. The van der Waals surface area contributed by atoms with Crippen LogP contribution in [0.25, 0.3) is 0 Å². The van der Waals surface area contributed by atoms with E-state index < -0.39 is 5.97 Å². The number of aliphatic carboxylic acids is 1. The molecule has 0 aliphatic heterocycles. The van der Waals surface area contributed by atoms with Crippen LogP contribution in [-0.4, -0.2) is 17.6 Å². The Hall–Kier alpha value is -1.06. The fourth-order valence-electron chi connectivity index (χ4n) is 2.93. The molecule has 0 amide bonds. The fourth-order valence-corrected chi connectivity index (χ4v) is 3.13. The summed E-state index contributed by atoms with van der Waals surface area (Å²) in [5.74, 6) is -0.574. The van der Waals surface area contributed by atoms with Gasteiger partial charge in [-0.3, -0.25) is 4.79 Å². The van der Waals surface area contributed by atoms with Crippen molar-refractivity contribution in [1.29, 1.82) is 0 Å². The molecular weight excluding hydrogens is 274 g/mol. The Morgan fingerprint density at radius 2 is 2.15 bits per heavy atom. The maximum Gasteiger partial charge on any atom is 0.306 e. The van der Waals surface area contributed by atoms with E-state index in [1.54, 1.807) is 0 Å². The second kappa shape index (κ2) is 7.09. The quantitative estimate of drug-likeness (QED) is 0.872. The Bertz CT molecular complexity index is 476.